The molecule has 1 aliphatic carbocycles. The van der Waals surface area contributed by atoms with Gasteiger partial charge in [0.25, 0.3) is 0 Å². The van der Waals surface area contributed by atoms with E-state index in [2.05, 4.69) is 9.72 Å². The lowest BCUT2D eigenvalue weighted by atomic mass is 10.1. The fourth-order valence-corrected chi connectivity index (χ4v) is 3.15. The van der Waals surface area contributed by atoms with Crippen molar-refractivity contribution in [2.75, 3.05) is 11.9 Å². The van der Waals surface area contributed by atoms with Crippen molar-refractivity contribution >= 4 is 22.4 Å². The minimum absolute atomic E-state index is 0.147. The number of benzene rings is 1. The molecule has 23 heavy (non-hydrogen) atoms. The number of ether oxygens (including phenoxy) is 1. The van der Waals surface area contributed by atoms with Crippen molar-refractivity contribution in [3.8, 4) is 5.75 Å². The molecule has 0 saturated heterocycles. The molecule has 122 valence electrons. The van der Waals surface area contributed by atoms with Gasteiger partial charge in [0.05, 0.1) is 0 Å². The number of para-hydroxylation sites is 1. The number of aromatic nitrogens is 1. The minimum Gasteiger partial charge on any atom is -0.405 e. The van der Waals surface area contributed by atoms with Crippen LogP contribution in [0.5, 0.6) is 5.75 Å². The Hall–Kier alpha value is -2.09. The molecule has 1 saturated carbocycles. The Morgan fingerprint density at radius 3 is 2.78 bits per heavy atom. The Morgan fingerprint density at radius 1 is 1.39 bits per heavy atom. The zero-order valence-electron chi connectivity index (χ0n) is 12.1. The summed E-state index contributed by atoms with van der Waals surface area (Å²) in [6, 6.07) is 5.96. The van der Waals surface area contributed by atoms with Crippen LogP contribution in [0.25, 0.3) is 0 Å². The van der Waals surface area contributed by atoms with Crippen molar-refractivity contribution in [2.45, 2.75) is 18.7 Å². The van der Waals surface area contributed by atoms with Crippen molar-refractivity contribution < 1.29 is 22.7 Å². The first-order valence-electron chi connectivity index (χ1n) is 6.88. The molecule has 2 aromatic rings. The first-order chi connectivity index (χ1) is 10.9. The van der Waals surface area contributed by atoms with Gasteiger partial charge in [0.15, 0.2) is 5.13 Å². The molecule has 0 unspecified atom stereocenters. The molecule has 0 spiro atoms. The second-order valence-corrected chi connectivity index (χ2v) is 6.12. The first-order valence-corrected chi connectivity index (χ1v) is 7.76. The number of halogens is 3. The van der Waals surface area contributed by atoms with Crippen LogP contribution in [0.3, 0.4) is 0 Å². The van der Waals surface area contributed by atoms with Crippen LogP contribution in [-0.2, 0) is 4.79 Å². The molecule has 8 heteroatoms. The zero-order valence-corrected chi connectivity index (χ0v) is 12.9. The maximum absolute atomic E-state index is 12.5. The van der Waals surface area contributed by atoms with E-state index in [1.807, 2.05) is 0 Å². The molecule has 1 aromatic carbocycles. The SMILES string of the molecule is CN(C(=O)[C@H]1C[C@@H]1c1ccccc1OC(F)(F)F)c1nccs1. The van der Waals surface area contributed by atoms with Gasteiger partial charge in [-0.3, -0.25) is 9.69 Å². The number of anilines is 1. The summed E-state index contributed by atoms with van der Waals surface area (Å²) in [4.78, 5) is 17.9. The number of alkyl halides is 3. The molecule has 0 radical (unpaired) electrons. The Bertz CT molecular complexity index is 703. The van der Waals surface area contributed by atoms with Gasteiger partial charge in [0.2, 0.25) is 5.91 Å². The molecular weight excluding hydrogens is 329 g/mol. The minimum atomic E-state index is -4.75. The molecule has 1 aromatic heterocycles. The topological polar surface area (TPSA) is 42.4 Å². The van der Waals surface area contributed by atoms with E-state index in [0.29, 0.717) is 17.1 Å². The Morgan fingerprint density at radius 2 is 2.13 bits per heavy atom. The maximum Gasteiger partial charge on any atom is 0.573 e. The Labute approximate surface area is 134 Å². The van der Waals surface area contributed by atoms with Crippen molar-refractivity contribution in [3.05, 3.63) is 41.4 Å². The summed E-state index contributed by atoms with van der Waals surface area (Å²) in [7, 11) is 1.62. The van der Waals surface area contributed by atoms with E-state index in [4.69, 9.17) is 0 Å². The molecule has 2 atom stereocenters. The molecule has 4 nitrogen and oxygen atoms in total. The second kappa shape index (κ2) is 5.84. The van der Waals surface area contributed by atoms with E-state index in [9.17, 15) is 18.0 Å². The highest BCUT2D eigenvalue weighted by Gasteiger charge is 2.47. The van der Waals surface area contributed by atoms with Crippen LogP contribution < -0.4 is 9.64 Å². The van der Waals surface area contributed by atoms with Crippen molar-refractivity contribution in [1.82, 2.24) is 4.98 Å². The van der Waals surface area contributed by atoms with Crippen LogP contribution in [0.2, 0.25) is 0 Å². The summed E-state index contributed by atoms with van der Waals surface area (Å²) in [6.45, 7) is 0. The summed E-state index contributed by atoms with van der Waals surface area (Å²) >= 11 is 1.33. The average molecular weight is 342 g/mol. The van der Waals surface area contributed by atoms with Gasteiger partial charge in [0.1, 0.15) is 5.75 Å². The van der Waals surface area contributed by atoms with Crippen molar-refractivity contribution in [1.29, 1.82) is 0 Å². The van der Waals surface area contributed by atoms with Crippen LogP contribution in [0.15, 0.2) is 35.8 Å². The van der Waals surface area contributed by atoms with Gasteiger partial charge < -0.3 is 4.74 Å². The van der Waals surface area contributed by atoms with E-state index >= 15 is 0 Å². The third kappa shape index (κ3) is 3.47. The maximum atomic E-state index is 12.5. The molecule has 1 amide bonds. The fourth-order valence-electron chi connectivity index (χ4n) is 2.54. The second-order valence-electron chi connectivity index (χ2n) is 5.25. The van der Waals surface area contributed by atoms with Gasteiger partial charge in [-0.15, -0.1) is 24.5 Å². The average Bonchev–Trinajstić information content (AvgIpc) is 3.08. The number of nitrogens with zero attached hydrogens (tertiary/aromatic N) is 2. The van der Waals surface area contributed by atoms with Crippen LogP contribution in [0.1, 0.15) is 17.9 Å². The predicted octanol–water partition coefficient (Wildman–Crippen LogP) is 3.81. The molecule has 1 aliphatic rings. The monoisotopic (exact) mass is 342 g/mol. The van der Waals surface area contributed by atoms with E-state index in [1.165, 1.54) is 28.4 Å². The lowest BCUT2D eigenvalue weighted by Crippen LogP contribution is -2.28. The predicted molar refractivity (Wildman–Crippen MR) is 79.5 cm³/mol. The van der Waals surface area contributed by atoms with Gasteiger partial charge in [0, 0.05) is 24.5 Å². The summed E-state index contributed by atoms with van der Waals surface area (Å²) in [5, 5.41) is 2.33. The van der Waals surface area contributed by atoms with Crippen LogP contribution in [0, 0.1) is 5.92 Å². The van der Waals surface area contributed by atoms with Crippen LogP contribution in [0.4, 0.5) is 18.3 Å². The third-order valence-corrected chi connectivity index (χ3v) is 4.54. The number of hydrogen-bond acceptors (Lipinski definition) is 4. The normalized spacial score (nSPS) is 20.2. The lowest BCUT2D eigenvalue weighted by Gasteiger charge is -2.15. The summed E-state index contributed by atoms with van der Waals surface area (Å²) in [5.41, 5.74) is 0.413. The van der Waals surface area contributed by atoms with Crippen molar-refractivity contribution in [2.24, 2.45) is 5.92 Å². The highest BCUT2D eigenvalue weighted by Crippen LogP contribution is 2.51. The van der Waals surface area contributed by atoms with Crippen LogP contribution >= 0.6 is 11.3 Å². The molecule has 1 fully saturated rings. The summed E-state index contributed by atoms with van der Waals surface area (Å²) in [6.07, 6.45) is -2.64. The summed E-state index contributed by atoms with van der Waals surface area (Å²) in [5.74, 6) is -0.991. The van der Waals surface area contributed by atoms with Gasteiger partial charge >= 0.3 is 6.36 Å². The molecule has 0 bridgehead atoms. The third-order valence-electron chi connectivity index (χ3n) is 3.69. The number of rotatable bonds is 4. The van der Waals surface area contributed by atoms with E-state index in [0.717, 1.165) is 0 Å². The fraction of sp³-hybridized carbons (Fsp3) is 0.333. The van der Waals surface area contributed by atoms with Gasteiger partial charge in [-0.1, -0.05) is 18.2 Å². The van der Waals surface area contributed by atoms with Gasteiger partial charge in [-0.05, 0) is 24.0 Å². The quantitative estimate of drug-likeness (QED) is 0.849. The van der Waals surface area contributed by atoms with Gasteiger partial charge in [-0.2, -0.15) is 0 Å². The Kier molecular flexibility index (Phi) is 4.01. The first kappa shape index (κ1) is 15.8. The summed E-state index contributed by atoms with van der Waals surface area (Å²) < 4.78 is 41.5. The number of amides is 1. The van der Waals surface area contributed by atoms with Crippen molar-refractivity contribution in [3.63, 3.8) is 0 Å². The highest BCUT2D eigenvalue weighted by molar-refractivity contribution is 7.13. The number of carbonyl (C=O) groups excluding carboxylic acids is 1. The number of carbonyl (C=O) groups is 1. The Balaban J connectivity index is 1.75. The molecule has 1 heterocycles. The van der Waals surface area contributed by atoms with Crippen LogP contribution in [-0.4, -0.2) is 24.3 Å². The van der Waals surface area contributed by atoms with Gasteiger partial charge in [-0.25, -0.2) is 4.98 Å². The highest BCUT2D eigenvalue weighted by atomic mass is 32.1. The standard InChI is InChI=1S/C15H13F3N2O2S/c1-20(14-19-6-7-23-14)13(21)11-8-10(11)9-4-2-3-5-12(9)22-15(16,17)18/h2-7,10-11H,8H2,1H3/t10-,11+/m1/s1. The molecule has 0 N–H and O–H groups in total. The van der Waals surface area contributed by atoms with E-state index in [-0.39, 0.29) is 23.5 Å². The smallest absolute Gasteiger partial charge is 0.405 e. The number of hydrogen-bond donors (Lipinski definition) is 0. The van der Waals surface area contributed by atoms with E-state index in [1.54, 1.807) is 30.8 Å². The van der Waals surface area contributed by atoms with E-state index < -0.39 is 6.36 Å². The largest absolute Gasteiger partial charge is 0.573 e. The molecule has 3 rings (SSSR count). The number of thiazole rings is 1. The molecular formula is C15H13F3N2O2S. The lowest BCUT2D eigenvalue weighted by molar-refractivity contribution is -0.274. The zero-order chi connectivity index (χ0) is 16.6. The molecule has 0 aliphatic heterocycles.